The number of allylic oxidation sites excluding steroid dienone is 2. The molecule has 0 unspecified atom stereocenters. The molecule has 2 bridgehead atoms. The number of carbonyl (C=O) groups is 1. The maximum absolute atomic E-state index is 12.8. The van der Waals surface area contributed by atoms with E-state index in [0.29, 0.717) is 11.8 Å². The lowest BCUT2D eigenvalue weighted by Gasteiger charge is -2.27. The summed E-state index contributed by atoms with van der Waals surface area (Å²) < 4.78 is 2.11. The van der Waals surface area contributed by atoms with Crippen LogP contribution >= 0.6 is 0 Å². The highest BCUT2D eigenvalue weighted by molar-refractivity contribution is 5.80. The normalized spacial score (nSPS) is 28.9. The van der Waals surface area contributed by atoms with Gasteiger partial charge >= 0.3 is 0 Å². The van der Waals surface area contributed by atoms with Gasteiger partial charge in [-0.15, -0.1) is 0 Å². The molecule has 3 aliphatic carbocycles. The molecule has 3 aliphatic rings. The van der Waals surface area contributed by atoms with E-state index < -0.39 is 0 Å². The summed E-state index contributed by atoms with van der Waals surface area (Å²) in [6.07, 6.45) is 11.9. The highest BCUT2D eigenvalue weighted by Crippen LogP contribution is 2.44. The Balaban J connectivity index is 1.32. The second-order valence-corrected chi connectivity index (χ2v) is 8.03. The molecule has 2 aromatic rings. The molecule has 4 nitrogen and oxygen atoms in total. The number of benzene rings is 1. The minimum Gasteiger partial charge on any atom is -0.349 e. The third-order valence-electron chi connectivity index (χ3n) is 6.37. The fourth-order valence-electron chi connectivity index (χ4n) is 5.02. The van der Waals surface area contributed by atoms with Crippen LogP contribution in [0.3, 0.4) is 0 Å². The lowest BCUT2D eigenvalue weighted by atomic mass is 9.89. The minimum absolute atomic E-state index is 0.124. The van der Waals surface area contributed by atoms with Gasteiger partial charge in [-0.05, 0) is 49.5 Å². The number of carbonyl (C=O) groups excluding carboxylic acids is 1. The number of nitrogens with one attached hydrogen (secondary N) is 1. The Labute approximate surface area is 154 Å². The topological polar surface area (TPSA) is 46.9 Å². The fourth-order valence-corrected chi connectivity index (χ4v) is 5.02. The Kier molecular flexibility index (Phi) is 3.92. The number of rotatable bonds is 4. The second kappa shape index (κ2) is 6.42. The number of aromatic nitrogens is 2. The molecule has 0 aliphatic heterocycles. The van der Waals surface area contributed by atoms with Crippen molar-refractivity contribution in [3.8, 4) is 0 Å². The Morgan fingerprint density at radius 3 is 2.85 bits per heavy atom. The minimum atomic E-state index is 0.124. The van der Waals surface area contributed by atoms with E-state index in [1.54, 1.807) is 0 Å². The third kappa shape index (κ3) is 2.77. The van der Waals surface area contributed by atoms with E-state index in [9.17, 15) is 4.79 Å². The fraction of sp³-hybridized carbons (Fsp3) is 0.455. The summed E-state index contributed by atoms with van der Waals surface area (Å²) in [5.41, 5.74) is 3.77. The molecule has 4 atom stereocenters. The van der Waals surface area contributed by atoms with Gasteiger partial charge in [0.2, 0.25) is 5.91 Å². The molecule has 1 aromatic carbocycles. The quantitative estimate of drug-likeness (QED) is 0.859. The van der Waals surface area contributed by atoms with Crippen LogP contribution in [0.25, 0.3) is 0 Å². The molecule has 1 fully saturated rings. The number of nitrogens with zero attached hydrogens (tertiary/aromatic N) is 2. The van der Waals surface area contributed by atoms with Crippen LogP contribution < -0.4 is 5.32 Å². The van der Waals surface area contributed by atoms with E-state index in [1.165, 1.54) is 23.2 Å². The van der Waals surface area contributed by atoms with Gasteiger partial charge in [0.25, 0.3) is 0 Å². The first-order chi connectivity index (χ1) is 12.8. The molecule has 1 heterocycles. The van der Waals surface area contributed by atoms with Crippen LogP contribution in [0.2, 0.25) is 0 Å². The standard InChI is InChI=1S/C22H25N3O/c26-22(18-12-16-9-10-17(18)11-16)24-20-7-4-8-21-19(20)13-23-25(21)14-15-5-2-1-3-6-15/h1-3,5-6,9-10,13,16-18,20H,4,7-8,11-12,14H2,(H,24,26)/t16-,17-,18-,20-/m0/s1. The van der Waals surface area contributed by atoms with Gasteiger partial charge in [0.05, 0.1) is 18.8 Å². The van der Waals surface area contributed by atoms with Crippen molar-refractivity contribution in [3.05, 3.63) is 65.5 Å². The van der Waals surface area contributed by atoms with E-state index in [1.807, 2.05) is 12.3 Å². The molecule has 1 aromatic heterocycles. The molecule has 134 valence electrons. The predicted molar refractivity (Wildman–Crippen MR) is 100 cm³/mol. The Morgan fingerprint density at radius 1 is 1.19 bits per heavy atom. The van der Waals surface area contributed by atoms with Crippen molar-refractivity contribution < 1.29 is 4.79 Å². The van der Waals surface area contributed by atoms with Gasteiger partial charge in [-0.3, -0.25) is 9.48 Å². The van der Waals surface area contributed by atoms with Crippen molar-refractivity contribution in [3.63, 3.8) is 0 Å². The first kappa shape index (κ1) is 15.9. The first-order valence-corrected chi connectivity index (χ1v) is 9.85. The maximum atomic E-state index is 12.8. The monoisotopic (exact) mass is 347 g/mol. The van der Waals surface area contributed by atoms with Crippen molar-refractivity contribution in [2.45, 2.75) is 44.7 Å². The number of hydrogen-bond donors (Lipinski definition) is 1. The van der Waals surface area contributed by atoms with Crippen LogP contribution in [0.4, 0.5) is 0 Å². The number of amides is 1. The van der Waals surface area contributed by atoms with Crippen molar-refractivity contribution in [1.82, 2.24) is 15.1 Å². The van der Waals surface area contributed by atoms with Crippen LogP contribution in [-0.2, 0) is 17.8 Å². The van der Waals surface area contributed by atoms with Crippen molar-refractivity contribution in [1.29, 1.82) is 0 Å². The van der Waals surface area contributed by atoms with Crippen LogP contribution in [-0.4, -0.2) is 15.7 Å². The van der Waals surface area contributed by atoms with Crippen LogP contribution in [0, 0.1) is 17.8 Å². The second-order valence-electron chi connectivity index (χ2n) is 8.03. The SMILES string of the molecule is O=C(N[C@H]1CCCc2c1cnn2Cc1ccccc1)[C@H]1C[C@H]2C=C[C@H]1C2. The number of hydrogen-bond acceptors (Lipinski definition) is 2. The van der Waals surface area contributed by atoms with Gasteiger partial charge in [-0.1, -0.05) is 42.5 Å². The summed E-state index contributed by atoms with van der Waals surface area (Å²) in [5.74, 6) is 1.51. The molecule has 4 heteroatoms. The Morgan fingerprint density at radius 2 is 2.08 bits per heavy atom. The average molecular weight is 347 g/mol. The molecule has 1 amide bonds. The zero-order valence-corrected chi connectivity index (χ0v) is 15.0. The average Bonchev–Trinajstić information content (AvgIpc) is 3.39. The maximum Gasteiger partial charge on any atom is 0.224 e. The molecule has 0 spiro atoms. The van der Waals surface area contributed by atoms with E-state index in [0.717, 1.165) is 32.2 Å². The van der Waals surface area contributed by atoms with E-state index in [2.05, 4.69) is 51.5 Å². The molecule has 1 N–H and O–H groups in total. The van der Waals surface area contributed by atoms with E-state index in [4.69, 9.17) is 0 Å². The summed E-state index contributed by atoms with van der Waals surface area (Å²) in [7, 11) is 0. The van der Waals surface area contributed by atoms with E-state index >= 15 is 0 Å². The van der Waals surface area contributed by atoms with Crippen LogP contribution in [0.1, 0.15) is 48.5 Å². The van der Waals surface area contributed by atoms with Crippen molar-refractivity contribution in [2.75, 3.05) is 0 Å². The molecular formula is C22H25N3O. The zero-order chi connectivity index (χ0) is 17.5. The Bertz CT molecular complexity index is 838. The smallest absolute Gasteiger partial charge is 0.224 e. The number of fused-ring (bicyclic) bond motifs is 3. The van der Waals surface area contributed by atoms with Gasteiger partial charge in [-0.2, -0.15) is 5.10 Å². The molecule has 0 radical (unpaired) electrons. The molecule has 0 saturated heterocycles. The summed E-state index contributed by atoms with van der Waals surface area (Å²) in [6.45, 7) is 0.800. The van der Waals surface area contributed by atoms with Gasteiger partial charge in [0.15, 0.2) is 0 Å². The van der Waals surface area contributed by atoms with Gasteiger partial charge in [0.1, 0.15) is 0 Å². The third-order valence-corrected chi connectivity index (χ3v) is 6.37. The largest absolute Gasteiger partial charge is 0.349 e. The Hall–Kier alpha value is -2.36. The first-order valence-electron chi connectivity index (χ1n) is 9.85. The van der Waals surface area contributed by atoms with Crippen LogP contribution in [0.5, 0.6) is 0 Å². The highest BCUT2D eigenvalue weighted by atomic mass is 16.2. The summed E-state index contributed by atoms with van der Waals surface area (Å²) >= 11 is 0. The lowest BCUT2D eigenvalue weighted by molar-refractivity contribution is -0.126. The molecule has 26 heavy (non-hydrogen) atoms. The molecular weight excluding hydrogens is 322 g/mol. The molecule has 5 rings (SSSR count). The van der Waals surface area contributed by atoms with Gasteiger partial charge < -0.3 is 5.32 Å². The van der Waals surface area contributed by atoms with Gasteiger partial charge in [0, 0.05) is 17.2 Å². The van der Waals surface area contributed by atoms with Crippen LogP contribution in [0.15, 0.2) is 48.7 Å². The highest BCUT2D eigenvalue weighted by Gasteiger charge is 2.40. The lowest BCUT2D eigenvalue weighted by Crippen LogP contribution is -2.37. The summed E-state index contributed by atoms with van der Waals surface area (Å²) in [4.78, 5) is 12.8. The van der Waals surface area contributed by atoms with Crippen molar-refractivity contribution in [2.24, 2.45) is 17.8 Å². The van der Waals surface area contributed by atoms with Gasteiger partial charge in [-0.25, -0.2) is 0 Å². The summed E-state index contributed by atoms with van der Waals surface area (Å²) in [6, 6.07) is 10.6. The predicted octanol–water partition coefficient (Wildman–Crippen LogP) is 3.64. The van der Waals surface area contributed by atoms with E-state index in [-0.39, 0.29) is 17.9 Å². The molecule has 1 saturated carbocycles. The zero-order valence-electron chi connectivity index (χ0n) is 15.0. The summed E-state index contributed by atoms with van der Waals surface area (Å²) in [5, 5.41) is 7.99. The van der Waals surface area contributed by atoms with Crippen molar-refractivity contribution >= 4 is 5.91 Å².